The predicted octanol–water partition coefficient (Wildman–Crippen LogP) is 3.10. The normalized spacial score (nSPS) is 11.3. The molecule has 0 atom stereocenters. The van der Waals surface area contributed by atoms with Crippen LogP contribution in [0.4, 0.5) is 0 Å². The Morgan fingerprint density at radius 1 is 1.26 bits per heavy atom. The quantitative estimate of drug-likeness (QED) is 0.592. The second kappa shape index (κ2) is 7.50. The summed E-state index contributed by atoms with van der Waals surface area (Å²) in [4.78, 5) is 11.7. The van der Waals surface area contributed by atoms with Crippen LogP contribution < -0.4 is 4.74 Å². The number of ether oxygens (including phenoxy) is 2. The molecule has 0 amide bonds. The van der Waals surface area contributed by atoms with Crippen LogP contribution in [0.3, 0.4) is 0 Å². The van der Waals surface area contributed by atoms with E-state index in [2.05, 4.69) is 10.2 Å². The molecular formula is C16H20N2O4S. The van der Waals surface area contributed by atoms with E-state index >= 15 is 0 Å². The molecule has 1 heterocycles. The van der Waals surface area contributed by atoms with Crippen LogP contribution in [0, 0.1) is 0 Å². The van der Waals surface area contributed by atoms with Gasteiger partial charge in [0.05, 0.1) is 13.5 Å². The van der Waals surface area contributed by atoms with Crippen LogP contribution in [-0.4, -0.2) is 34.6 Å². The van der Waals surface area contributed by atoms with E-state index in [1.807, 2.05) is 45.0 Å². The fraction of sp³-hybridized carbons (Fsp3) is 0.438. The number of carbonyl (C=O) groups excluding carboxylic acids is 1. The number of nitrogens with zero attached hydrogens (tertiary/aromatic N) is 2. The Hall–Kier alpha value is -2.02. The maximum atomic E-state index is 11.7. The molecule has 0 unspecified atom stereocenters. The molecule has 7 heteroatoms. The number of aromatic nitrogens is 2. The molecule has 124 valence electrons. The van der Waals surface area contributed by atoms with Crippen LogP contribution >= 0.6 is 11.8 Å². The summed E-state index contributed by atoms with van der Waals surface area (Å²) in [7, 11) is 1.62. The molecule has 1 aromatic carbocycles. The molecule has 0 spiro atoms. The van der Waals surface area contributed by atoms with Crippen molar-refractivity contribution in [3.8, 4) is 5.75 Å². The number of thioether (sulfide) groups is 1. The van der Waals surface area contributed by atoms with E-state index in [0.29, 0.717) is 17.5 Å². The highest BCUT2D eigenvalue weighted by Crippen LogP contribution is 2.23. The third-order valence-corrected chi connectivity index (χ3v) is 3.51. The van der Waals surface area contributed by atoms with E-state index < -0.39 is 5.60 Å². The van der Waals surface area contributed by atoms with E-state index in [1.165, 1.54) is 0 Å². The van der Waals surface area contributed by atoms with Gasteiger partial charge in [-0.25, -0.2) is 0 Å². The topological polar surface area (TPSA) is 74.5 Å². The highest BCUT2D eigenvalue weighted by atomic mass is 32.2. The molecule has 0 aliphatic heterocycles. The fourth-order valence-corrected chi connectivity index (χ4v) is 2.43. The Kier molecular flexibility index (Phi) is 5.65. The van der Waals surface area contributed by atoms with Crippen molar-refractivity contribution in [2.24, 2.45) is 0 Å². The summed E-state index contributed by atoms with van der Waals surface area (Å²) in [6, 6.07) is 7.64. The number of esters is 1. The molecule has 0 radical (unpaired) electrons. The van der Waals surface area contributed by atoms with Gasteiger partial charge in [-0.1, -0.05) is 30.0 Å². The molecular weight excluding hydrogens is 316 g/mol. The van der Waals surface area contributed by atoms with Gasteiger partial charge in [-0.2, -0.15) is 0 Å². The van der Waals surface area contributed by atoms with Gasteiger partial charge in [-0.05, 0) is 26.8 Å². The molecule has 0 bridgehead atoms. The monoisotopic (exact) mass is 336 g/mol. The summed E-state index contributed by atoms with van der Waals surface area (Å²) in [5.74, 6) is 1.06. The van der Waals surface area contributed by atoms with Crippen LogP contribution in [0.5, 0.6) is 5.75 Å². The smallest absolute Gasteiger partial charge is 0.316 e. The van der Waals surface area contributed by atoms with Crippen molar-refractivity contribution >= 4 is 17.7 Å². The second-order valence-electron chi connectivity index (χ2n) is 5.83. The Bertz CT molecular complexity index is 664. The van der Waals surface area contributed by atoms with Crippen LogP contribution in [0.1, 0.15) is 32.2 Å². The molecule has 23 heavy (non-hydrogen) atoms. The molecule has 1 aromatic heterocycles. The number of hydrogen-bond donors (Lipinski definition) is 0. The minimum atomic E-state index is -0.499. The number of methoxy groups -OCH3 is 1. The van der Waals surface area contributed by atoms with Crippen molar-refractivity contribution in [1.29, 1.82) is 0 Å². The zero-order valence-electron chi connectivity index (χ0n) is 13.7. The average molecular weight is 336 g/mol. The Morgan fingerprint density at radius 2 is 2.00 bits per heavy atom. The first-order valence-electron chi connectivity index (χ1n) is 7.16. The van der Waals surface area contributed by atoms with Crippen LogP contribution in [-0.2, 0) is 16.0 Å². The van der Waals surface area contributed by atoms with E-state index in [1.54, 1.807) is 7.11 Å². The standard InChI is InChI=1S/C16H20N2O4S/c1-16(2,3)22-14(19)10-23-15-18-17-13(21-15)9-11-7-5-6-8-12(11)20-4/h5-8H,9-10H2,1-4H3. The number of rotatable bonds is 6. The SMILES string of the molecule is COc1ccccc1Cc1nnc(SCC(=O)OC(C)(C)C)o1. The van der Waals surface area contributed by atoms with Gasteiger partial charge in [-0.3, -0.25) is 4.79 Å². The van der Waals surface area contributed by atoms with Crippen molar-refractivity contribution in [3.63, 3.8) is 0 Å². The van der Waals surface area contributed by atoms with Crippen LogP contribution in [0.15, 0.2) is 33.9 Å². The summed E-state index contributed by atoms with van der Waals surface area (Å²) in [6.45, 7) is 5.48. The van der Waals surface area contributed by atoms with Gasteiger partial charge in [0.1, 0.15) is 17.1 Å². The third kappa shape index (κ3) is 5.59. The van der Waals surface area contributed by atoms with Crippen molar-refractivity contribution in [2.45, 2.75) is 38.0 Å². The predicted molar refractivity (Wildman–Crippen MR) is 86.7 cm³/mol. The lowest BCUT2D eigenvalue weighted by Crippen LogP contribution is -2.24. The highest BCUT2D eigenvalue weighted by Gasteiger charge is 2.18. The molecule has 0 saturated carbocycles. The van der Waals surface area contributed by atoms with Crippen LogP contribution in [0.25, 0.3) is 0 Å². The molecule has 0 N–H and O–H groups in total. The van der Waals surface area contributed by atoms with Crippen LogP contribution in [0.2, 0.25) is 0 Å². The molecule has 0 aliphatic rings. The molecule has 2 rings (SSSR count). The maximum Gasteiger partial charge on any atom is 0.316 e. The lowest BCUT2D eigenvalue weighted by atomic mass is 10.1. The van der Waals surface area contributed by atoms with Gasteiger partial charge < -0.3 is 13.9 Å². The van der Waals surface area contributed by atoms with E-state index in [0.717, 1.165) is 23.1 Å². The number of para-hydroxylation sites is 1. The lowest BCUT2D eigenvalue weighted by molar-refractivity contribution is -0.151. The fourth-order valence-electron chi connectivity index (χ4n) is 1.87. The first-order valence-corrected chi connectivity index (χ1v) is 8.15. The van der Waals surface area contributed by atoms with Crippen molar-refractivity contribution in [3.05, 3.63) is 35.7 Å². The molecule has 2 aromatic rings. The van der Waals surface area contributed by atoms with E-state index in [4.69, 9.17) is 13.9 Å². The molecule has 0 saturated heterocycles. The molecule has 0 aliphatic carbocycles. The largest absolute Gasteiger partial charge is 0.496 e. The van der Waals surface area contributed by atoms with Gasteiger partial charge in [0.25, 0.3) is 5.22 Å². The van der Waals surface area contributed by atoms with Crippen molar-refractivity contribution in [1.82, 2.24) is 10.2 Å². The Morgan fingerprint density at radius 3 is 2.70 bits per heavy atom. The summed E-state index contributed by atoms with van der Waals surface area (Å²) < 4.78 is 16.1. The average Bonchev–Trinajstić information content (AvgIpc) is 2.91. The minimum Gasteiger partial charge on any atom is -0.496 e. The number of carbonyl (C=O) groups is 1. The molecule has 0 fully saturated rings. The van der Waals surface area contributed by atoms with E-state index in [-0.39, 0.29) is 11.7 Å². The first-order chi connectivity index (χ1) is 10.9. The van der Waals surface area contributed by atoms with Gasteiger partial charge >= 0.3 is 5.97 Å². The van der Waals surface area contributed by atoms with Gasteiger partial charge in [-0.15, -0.1) is 10.2 Å². The minimum absolute atomic E-state index is 0.133. The Balaban J connectivity index is 1.92. The maximum absolute atomic E-state index is 11.7. The molecule has 6 nitrogen and oxygen atoms in total. The van der Waals surface area contributed by atoms with Gasteiger partial charge in [0, 0.05) is 5.56 Å². The highest BCUT2D eigenvalue weighted by molar-refractivity contribution is 7.99. The summed E-state index contributed by atoms with van der Waals surface area (Å²) >= 11 is 1.16. The summed E-state index contributed by atoms with van der Waals surface area (Å²) in [6.07, 6.45) is 0.476. The van der Waals surface area contributed by atoms with Gasteiger partial charge in [0.15, 0.2) is 0 Å². The van der Waals surface area contributed by atoms with Gasteiger partial charge in [0.2, 0.25) is 5.89 Å². The summed E-state index contributed by atoms with van der Waals surface area (Å²) in [5.41, 5.74) is 0.462. The zero-order valence-corrected chi connectivity index (χ0v) is 14.5. The zero-order chi connectivity index (χ0) is 16.9. The lowest BCUT2D eigenvalue weighted by Gasteiger charge is -2.18. The second-order valence-corrected chi connectivity index (χ2v) is 6.75. The number of benzene rings is 1. The summed E-state index contributed by atoms with van der Waals surface area (Å²) in [5, 5.41) is 8.28. The third-order valence-electron chi connectivity index (χ3n) is 2.72. The van der Waals surface area contributed by atoms with Crippen molar-refractivity contribution in [2.75, 3.05) is 12.9 Å². The first kappa shape index (κ1) is 17.3. The van der Waals surface area contributed by atoms with E-state index in [9.17, 15) is 4.79 Å². The Labute approximate surface area is 139 Å². The number of hydrogen-bond acceptors (Lipinski definition) is 7. The van der Waals surface area contributed by atoms with Crippen molar-refractivity contribution < 1.29 is 18.7 Å².